The molecule has 8 heteroatoms. The van der Waals surface area contributed by atoms with Gasteiger partial charge in [-0.3, -0.25) is 9.69 Å². The summed E-state index contributed by atoms with van der Waals surface area (Å²) >= 11 is 0. The number of ether oxygens (including phenoxy) is 3. The molecule has 410 valence electrons. The summed E-state index contributed by atoms with van der Waals surface area (Å²) in [6.45, 7) is 25.7. The highest BCUT2D eigenvalue weighted by Gasteiger charge is 2.19. The van der Waals surface area contributed by atoms with Gasteiger partial charge < -0.3 is 19.1 Å². The number of rotatable bonds is 57. The Labute approximate surface area is 440 Å². The SMILES string of the molecule is C=C(CCN(CCCCN(C)C)C(CCCCCCCCC(=C)OCC(CCCC)CCCCCC)CCCCCCCCC(=O)OCC(CCCC)CCCCCC)OCCSSCCCCC. The highest BCUT2D eigenvalue weighted by Crippen LogP contribution is 2.25. The van der Waals surface area contributed by atoms with Crippen LogP contribution < -0.4 is 0 Å². The molecule has 3 atom stereocenters. The van der Waals surface area contributed by atoms with Crippen LogP contribution in [0, 0.1) is 11.8 Å². The molecule has 0 radical (unpaired) electrons. The minimum Gasteiger partial charge on any atom is -0.498 e. The second kappa shape index (κ2) is 53.5. The molecular weight excluding hydrogens is 889 g/mol. The number of hydrogen-bond acceptors (Lipinski definition) is 8. The summed E-state index contributed by atoms with van der Waals surface area (Å²) in [5, 5.41) is 0. The number of carbonyl (C=O) groups is 1. The van der Waals surface area contributed by atoms with Gasteiger partial charge in [-0.15, -0.1) is 0 Å². The first kappa shape index (κ1) is 68.2. The van der Waals surface area contributed by atoms with Gasteiger partial charge in [0.15, 0.2) is 0 Å². The Kier molecular flexibility index (Phi) is 52.8. The first-order valence-electron chi connectivity index (χ1n) is 30.1. The van der Waals surface area contributed by atoms with E-state index in [0.29, 0.717) is 30.9 Å². The zero-order chi connectivity index (χ0) is 50.7. The van der Waals surface area contributed by atoms with Gasteiger partial charge in [0.25, 0.3) is 0 Å². The van der Waals surface area contributed by atoms with E-state index in [4.69, 9.17) is 14.2 Å². The van der Waals surface area contributed by atoms with Gasteiger partial charge in [0.05, 0.1) is 31.3 Å². The van der Waals surface area contributed by atoms with Crippen molar-refractivity contribution in [3.05, 3.63) is 24.7 Å². The number of nitrogens with zero attached hydrogens (tertiary/aromatic N) is 2. The van der Waals surface area contributed by atoms with E-state index in [2.05, 4.69) is 71.7 Å². The second-order valence-electron chi connectivity index (χ2n) is 21.3. The molecule has 0 N–H and O–H groups in total. The lowest BCUT2D eigenvalue weighted by Gasteiger charge is -2.33. The molecule has 0 fully saturated rings. The maximum absolute atomic E-state index is 12.7. The van der Waals surface area contributed by atoms with Gasteiger partial charge in [-0.25, -0.2) is 0 Å². The van der Waals surface area contributed by atoms with E-state index in [1.165, 1.54) is 218 Å². The maximum atomic E-state index is 12.7. The molecule has 0 spiro atoms. The number of unbranched alkanes of at least 4 members (excludes halogenated alkanes) is 21. The van der Waals surface area contributed by atoms with Crippen molar-refractivity contribution < 1.29 is 19.0 Å². The summed E-state index contributed by atoms with van der Waals surface area (Å²) < 4.78 is 18.3. The normalized spacial score (nSPS) is 13.0. The van der Waals surface area contributed by atoms with Crippen molar-refractivity contribution in [2.75, 3.05) is 65.1 Å². The van der Waals surface area contributed by atoms with Crippen molar-refractivity contribution in [2.45, 2.75) is 285 Å². The molecule has 0 aliphatic carbocycles. The average molecular weight is 1010 g/mol. The van der Waals surface area contributed by atoms with E-state index in [0.717, 1.165) is 75.8 Å². The minimum atomic E-state index is 0.0210. The monoisotopic (exact) mass is 1010 g/mol. The molecule has 0 rings (SSSR count). The van der Waals surface area contributed by atoms with E-state index in [1.54, 1.807) is 0 Å². The quantitative estimate of drug-likeness (QED) is 0.0259. The van der Waals surface area contributed by atoms with E-state index in [1.807, 2.05) is 21.6 Å². The van der Waals surface area contributed by atoms with Crippen molar-refractivity contribution in [1.82, 2.24) is 9.80 Å². The summed E-state index contributed by atoms with van der Waals surface area (Å²) in [6.07, 6.45) is 46.9. The molecule has 0 saturated carbocycles. The fraction of sp³-hybridized carbons (Fsp3) is 0.918. The molecule has 0 aliphatic heterocycles. The van der Waals surface area contributed by atoms with Gasteiger partial charge >= 0.3 is 5.97 Å². The van der Waals surface area contributed by atoms with Crippen LogP contribution in [-0.2, 0) is 19.0 Å². The van der Waals surface area contributed by atoms with Crippen molar-refractivity contribution >= 4 is 27.6 Å². The Morgan fingerprint density at radius 3 is 1.42 bits per heavy atom. The number of esters is 1. The molecule has 0 aromatic rings. The van der Waals surface area contributed by atoms with E-state index < -0.39 is 0 Å². The Morgan fingerprint density at radius 1 is 0.420 bits per heavy atom. The van der Waals surface area contributed by atoms with Gasteiger partial charge in [0, 0.05) is 43.4 Å². The molecule has 0 bridgehead atoms. The van der Waals surface area contributed by atoms with E-state index in [9.17, 15) is 4.79 Å². The molecule has 0 amide bonds. The lowest BCUT2D eigenvalue weighted by molar-refractivity contribution is -0.145. The maximum Gasteiger partial charge on any atom is 0.305 e. The number of allylic oxidation sites excluding steroid dienone is 1. The number of carbonyl (C=O) groups excluding carboxylic acids is 1. The lowest BCUT2D eigenvalue weighted by atomic mass is 9.96. The summed E-state index contributed by atoms with van der Waals surface area (Å²) in [6, 6.07) is 0.614. The second-order valence-corrected chi connectivity index (χ2v) is 24.0. The van der Waals surface area contributed by atoms with Crippen molar-refractivity contribution in [3.63, 3.8) is 0 Å². The molecule has 6 nitrogen and oxygen atoms in total. The standard InChI is InChI=1S/C61H120N2O4S2/c1-10-15-20-31-42-58(40-18-13-4)54-66-56(6)39-30-26-22-23-27-33-44-60(63(49-37-36-48-62(8)9)50-47-57(7)65-51-53-69-68-52-38-17-12-3)45-34-28-24-25-29-35-46-61(64)67-55-59(41-19-14-5)43-32-21-16-11-2/h58-60H,6-7,10-55H2,1-5,8-9H3. The fourth-order valence-electron chi connectivity index (χ4n) is 9.50. The van der Waals surface area contributed by atoms with Crippen LogP contribution in [0.3, 0.4) is 0 Å². The lowest BCUT2D eigenvalue weighted by Crippen LogP contribution is -2.37. The van der Waals surface area contributed by atoms with Gasteiger partial charge in [0.2, 0.25) is 0 Å². The molecule has 0 aromatic carbocycles. The van der Waals surface area contributed by atoms with Crippen LogP contribution in [0.2, 0.25) is 0 Å². The van der Waals surface area contributed by atoms with Crippen LogP contribution >= 0.6 is 21.6 Å². The Balaban J connectivity index is 5.10. The highest BCUT2D eigenvalue weighted by atomic mass is 33.1. The van der Waals surface area contributed by atoms with Crippen LogP contribution in [0.1, 0.15) is 279 Å². The van der Waals surface area contributed by atoms with Crippen LogP contribution in [-0.4, -0.2) is 86.9 Å². The largest absolute Gasteiger partial charge is 0.498 e. The van der Waals surface area contributed by atoms with Crippen LogP contribution in [0.5, 0.6) is 0 Å². The highest BCUT2D eigenvalue weighted by molar-refractivity contribution is 8.76. The van der Waals surface area contributed by atoms with Crippen molar-refractivity contribution in [2.24, 2.45) is 11.8 Å². The average Bonchev–Trinajstić information content (AvgIpc) is 3.34. The zero-order valence-corrected chi connectivity index (χ0v) is 49.2. The van der Waals surface area contributed by atoms with Gasteiger partial charge in [-0.1, -0.05) is 223 Å². The van der Waals surface area contributed by atoms with E-state index >= 15 is 0 Å². The summed E-state index contributed by atoms with van der Waals surface area (Å²) in [4.78, 5) is 17.8. The molecule has 0 aromatic heterocycles. The predicted octanol–water partition coefficient (Wildman–Crippen LogP) is 19.4. The Morgan fingerprint density at radius 2 is 0.855 bits per heavy atom. The zero-order valence-electron chi connectivity index (χ0n) is 47.5. The first-order chi connectivity index (χ1) is 33.7. The molecular formula is C61H120N2O4S2. The molecule has 3 unspecified atom stereocenters. The topological polar surface area (TPSA) is 51.2 Å². The minimum absolute atomic E-state index is 0.0210. The predicted molar refractivity (Wildman–Crippen MR) is 311 cm³/mol. The van der Waals surface area contributed by atoms with Crippen molar-refractivity contribution in [1.29, 1.82) is 0 Å². The van der Waals surface area contributed by atoms with Crippen LogP contribution in [0.4, 0.5) is 0 Å². The van der Waals surface area contributed by atoms with Crippen LogP contribution in [0.15, 0.2) is 24.7 Å². The third kappa shape index (κ3) is 47.9. The number of hydrogen-bond donors (Lipinski definition) is 0. The summed E-state index contributed by atoms with van der Waals surface area (Å²) in [5.74, 6) is 5.49. The third-order valence-electron chi connectivity index (χ3n) is 14.2. The van der Waals surface area contributed by atoms with Gasteiger partial charge in [-0.2, -0.15) is 0 Å². The molecule has 0 aliphatic rings. The van der Waals surface area contributed by atoms with Gasteiger partial charge in [0.1, 0.15) is 0 Å². The smallest absolute Gasteiger partial charge is 0.305 e. The molecule has 0 heterocycles. The third-order valence-corrected chi connectivity index (χ3v) is 16.6. The van der Waals surface area contributed by atoms with Crippen molar-refractivity contribution in [3.8, 4) is 0 Å². The van der Waals surface area contributed by atoms with Crippen LogP contribution in [0.25, 0.3) is 0 Å². The Bertz CT molecular complexity index is 1050. The first-order valence-corrected chi connectivity index (χ1v) is 32.6. The van der Waals surface area contributed by atoms with Gasteiger partial charge in [-0.05, 0) is 110 Å². The fourth-order valence-corrected chi connectivity index (χ4v) is 11.5. The Hall–Kier alpha value is -0.830. The summed E-state index contributed by atoms with van der Waals surface area (Å²) in [7, 11) is 8.33. The van der Waals surface area contributed by atoms with E-state index in [-0.39, 0.29) is 5.97 Å². The molecule has 0 saturated heterocycles. The summed E-state index contributed by atoms with van der Waals surface area (Å²) in [5.41, 5.74) is 0. The molecule has 69 heavy (non-hydrogen) atoms.